The van der Waals surface area contributed by atoms with Crippen LogP contribution in [-0.2, 0) is 21.4 Å². The summed E-state index contributed by atoms with van der Waals surface area (Å²) in [4.78, 5) is 10.8. The molecular weight excluding hydrogens is 308 g/mol. The second-order valence-corrected chi connectivity index (χ2v) is 6.98. The molecule has 3 rings (SSSR count). The number of sulfonamides is 1. The van der Waals surface area contributed by atoms with Gasteiger partial charge in [0.1, 0.15) is 6.61 Å². The third-order valence-corrected chi connectivity index (χ3v) is 5.48. The highest BCUT2D eigenvalue weighted by molar-refractivity contribution is 7.89. The lowest BCUT2D eigenvalue weighted by molar-refractivity contribution is 0.177. The van der Waals surface area contributed by atoms with Crippen LogP contribution in [0.1, 0.15) is 37.0 Å². The molecule has 0 amide bonds. The first-order chi connectivity index (χ1) is 10.6. The van der Waals surface area contributed by atoms with Gasteiger partial charge in [-0.15, -0.1) is 0 Å². The minimum atomic E-state index is -3.63. The summed E-state index contributed by atoms with van der Waals surface area (Å²) in [6.45, 7) is 0.757. The van der Waals surface area contributed by atoms with E-state index < -0.39 is 10.0 Å². The third-order valence-electron chi connectivity index (χ3n) is 3.64. The van der Waals surface area contributed by atoms with Crippen LogP contribution in [0.25, 0.3) is 0 Å². The molecule has 1 aliphatic rings. The quantitative estimate of drug-likeness (QED) is 0.830. The van der Waals surface area contributed by atoms with Crippen LogP contribution in [0.4, 0.5) is 0 Å². The Morgan fingerprint density at radius 1 is 1.45 bits per heavy atom. The summed E-state index contributed by atoms with van der Waals surface area (Å²) in [5, 5.41) is 7.03. The van der Waals surface area contributed by atoms with Crippen LogP contribution in [0.2, 0.25) is 0 Å². The normalized spacial score (nSPS) is 20.3. The van der Waals surface area contributed by atoms with Crippen LogP contribution < -0.4 is 0 Å². The van der Waals surface area contributed by atoms with Gasteiger partial charge in [0.05, 0.1) is 18.6 Å². The number of hydrogen-bond donors (Lipinski definition) is 2. The average Bonchev–Trinajstić information content (AvgIpc) is 3.19. The number of nitrogens with one attached hydrogen (secondary N) is 2. The Morgan fingerprint density at radius 3 is 3.05 bits per heavy atom. The Bertz CT molecular complexity index is 711. The molecule has 3 heterocycles. The van der Waals surface area contributed by atoms with Crippen LogP contribution >= 0.6 is 0 Å². The second kappa shape index (κ2) is 6.15. The van der Waals surface area contributed by atoms with Gasteiger partial charge in [0, 0.05) is 13.7 Å². The summed E-state index contributed by atoms with van der Waals surface area (Å²) in [7, 11) is -2.06. The fourth-order valence-corrected chi connectivity index (χ4v) is 4.17. The van der Waals surface area contributed by atoms with Crippen LogP contribution in [0.3, 0.4) is 0 Å². The number of methoxy groups -OCH3 is 1. The zero-order valence-electron chi connectivity index (χ0n) is 12.2. The fourth-order valence-electron chi connectivity index (χ4n) is 2.62. The van der Waals surface area contributed by atoms with Gasteiger partial charge in [0.2, 0.25) is 0 Å². The van der Waals surface area contributed by atoms with Crippen molar-refractivity contribution in [3.05, 3.63) is 24.2 Å². The number of piperidine rings is 1. The lowest BCUT2D eigenvalue weighted by Gasteiger charge is -2.32. The lowest BCUT2D eigenvalue weighted by atomic mass is 10.0. The zero-order chi connectivity index (χ0) is 15.6. The van der Waals surface area contributed by atoms with Crippen LogP contribution in [0, 0.1) is 0 Å². The van der Waals surface area contributed by atoms with E-state index in [0.29, 0.717) is 31.2 Å². The molecule has 1 fully saturated rings. The SMILES string of the molecule is COCc1nc(C2CCCCN2S(=O)(=O)c2cnc[nH]2)n[nH]1. The number of aromatic amines is 2. The molecule has 1 atom stereocenters. The van der Waals surface area contributed by atoms with E-state index in [1.165, 1.54) is 16.8 Å². The van der Waals surface area contributed by atoms with Gasteiger partial charge in [0.25, 0.3) is 10.0 Å². The number of imidazole rings is 1. The van der Waals surface area contributed by atoms with E-state index in [4.69, 9.17) is 4.74 Å². The van der Waals surface area contributed by atoms with E-state index in [2.05, 4.69) is 25.1 Å². The van der Waals surface area contributed by atoms with Crippen molar-refractivity contribution in [2.24, 2.45) is 0 Å². The maximum atomic E-state index is 12.7. The topological polar surface area (TPSA) is 117 Å². The number of aromatic nitrogens is 5. The largest absolute Gasteiger partial charge is 0.377 e. The third kappa shape index (κ3) is 2.76. The second-order valence-electron chi connectivity index (χ2n) is 5.12. The molecule has 2 N–H and O–H groups in total. The highest BCUT2D eigenvalue weighted by atomic mass is 32.2. The standard InChI is InChI=1S/C12H18N6O3S/c1-21-7-10-15-12(17-16-10)9-4-2-3-5-18(9)22(19,20)11-6-13-8-14-11/h6,8-9H,2-5,7H2,1H3,(H,13,14)(H,15,16,17). The molecule has 2 aromatic heterocycles. The summed E-state index contributed by atoms with van der Waals surface area (Å²) in [6, 6.07) is -0.371. The molecule has 22 heavy (non-hydrogen) atoms. The van der Waals surface area contributed by atoms with E-state index in [1.807, 2.05) is 0 Å². The lowest BCUT2D eigenvalue weighted by Crippen LogP contribution is -2.39. The smallest absolute Gasteiger partial charge is 0.260 e. The molecule has 0 aliphatic carbocycles. The van der Waals surface area contributed by atoms with Crippen LogP contribution in [0.15, 0.2) is 17.6 Å². The first-order valence-electron chi connectivity index (χ1n) is 7.03. The van der Waals surface area contributed by atoms with Crippen molar-refractivity contribution < 1.29 is 13.2 Å². The van der Waals surface area contributed by atoms with Crippen molar-refractivity contribution in [3.8, 4) is 0 Å². The first kappa shape index (κ1) is 15.1. The number of hydrogen-bond acceptors (Lipinski definition) is 6. The van der Waals surface area contributed by atoms with Crippen molar-refractivity contribution in [3.63, 3.8) is 0 Å². The summed E-state index contributed by atoms with van der Waals surface area (Å²) >= 11 is 0. The first-order valence-corrected chi connectivity index (χ1v) is 8.47. The van der Waals surface area contributed by atoms with E-state index in [1.54, 1.807) is 7.11 Å². The van der Waals surface area contributed by atoms with E-state index in [-0.39, 0.29) is 11.1 Å². The highest BCUT2D eigenvalue weighted by Crippen LogP contribution is 2.33. The van der Waals surface area contributed by atoms with Gasteiger partial charge in [-0.05, 0) is 12.8 Å². The minimum Gasteiger partial charge on any atom is -0.377 e. The number of nitrogens with zero attached hydrogens (tertiary/aromatic N) is 4. The van der Waals surface area contributed by atoms with Crippen molar-refractivity contribution in [1.29, 1.82) is 0 Å². The van der Waals surface area contributed by atoms with E-state index in [0.717, 1.165) is 12.8 Å². The molecule has 9 nitrogen and oxygen atoms in total. The Balaban J connectivity index is 1.91. The molecule has 120 valence electrons. The van der Waals surface area contributed by atoms with Crippen molar-refractivity contribution in [2.75, 3.05) is 13.7 Å². The highest BCUT2D eigenvalue weighted by Gasteiger charge is 2.37. The molecule has 10 heteroatoms. The molecule has 0 bridgehead atoms. The Kier molecular flexibility index (Phi) is 4.23. The Morgan fingerprint density at radius 2 is 2.32 bits per heavy atom. The molecule has 2 aromatic rings. The van der Waals surface area contributed by atoms with Gasteiger partial charge in [0.15, 0.2) is 16.7 Å². The zero-order valence-corrected chi connectivity index (χ0v) is 13.0. The predicted octanol–water partition coefficient (Wildman–Crippen LogP) is 0.590. The molecule has 1 saturated heterocycles. The average molecular weight is 326 g/mol. The summed E-state index contributed by atoms with van der Waals surface area (Å²) in [5.74, 6) is 1.07. The maximum absolute atomic E-state index is 12.7. The number of rotatable bonds is 5. The van der Waals surface area contributed by atoms with Gasteiger partial charge < -0.3 is 9.72 Å². The van der Waals surface area contributed by atoms with Crippen LogP contribution in [0.5, 0.6) is 0 Å². The molecular formula is C12H18N6O3S. The minimum absolute atomic E-state index is 0.0899. The summed E-state index contributed by atoms with van der Waals surface area (Å²) in [6.07, 6.45) is 5.12. The monoisotopic (exact) mass is 326 g/mol. The molecule has 0 radical (unpaired) electrons. The van der Waals surface area contributed by atoms with Crippen molar-refractivity contribution >= 4 is 10.0 Å². The van der Waals surface area contributed by atoms with E-state index >= 15 is 0 Å². The van der Waals surface area contributed by atoms with Crippen molar-refractivity contribution in [2.45, 2.75) is 36.9 Å². The maximum Gasteiger partial charge on any atom is 0.260 e. The number of ether oxygens (including phenoxy) is 1. The van der Waals surface area contributed by atoms with Crippen molar-refractivity contribution in [1.82, 2.24) is 29.5 Å². The van der Waals surface area contributed by atoms with Crippen LogP contribution in [-0.4, -0.2) is 51.5 Å². The van der Waals surface area contributed by atoms with Gasteiger partial charge in [-0.2, -0.15) is 9.40 Å². The molecule has 0 aromatic carbocycles. The Labute approximate surface area is 128 Å². The van der Waals surface area contributed by atoms with Gasteiger partial charge in [-0.1, -0.05) is 6.42 Å². The number of H-pyrrole nitrogens is 2. The summed E-state index contributed by atoms with van der Waals surface area (Å²) in [5.41, 5.74) is 0. The van der Waals surface area contributed by atoms with E-state index in [9.17, 15) is 8.42 Å². The molecule has 1 aliphatic heterocycles. The predicted molar refractivity (Wildman–Crippen MR) is 76.2 cm³/mol. The summed E-state index contributed by atoms with van der Waals surface area (Å²) < 4.78 is 31.9. The molecule has 1 unspecified atom stereocenters. The Hall–Kier alpha value is -1.78. The van der Waals surface area contributed by atoms with Gasteiger partial charge in [-0.25, -0.2) is 18.4 Å². The molecule has 0 spiro atoms. The fraction of sp³-hybridized carbons (Fsp3) is 0.583. The van der Waals surface area contributed by atoms with Gasteiger partial charge in [-0.3, -0.25) is 5.10 Å². The van der Waals surface area contributed by atoms with Gasteiger partial charge >= 0.3 is 0 Å². The molecule has 0 saturated carbocycles.